The maximum absolute atomic E-state index is 10.7. The van der Waals surface area contributed by atoms with Crippen molar-refractivity contribution < 1.29 is 15.0 Å². The molecule has 0 aliphatic heterocycles. The molecule has 1 heterocycles. The summed E-state index contributed by atoms with van der Waals surface area (Å²) < 4.78 is 4.30. The average Bonchev–Trinajstić information content (AvgIpc) is 2.67. The molecule has 0 amide bonds. The fourth-order valence-electron chi connectivity index (χ4n) is 0.973. The maximum atomic E-state index is 10.7. The Morgan fingerprint density at radius 2 is 2.14 bits per heavy atom. The number of hydrogen-bond acceptors (Lipinski definition) is 5. The van der Waals surface area contributed by atoms with E-state index in [-0.39, 0.29) is 5.56 Å². The van der Waals surface area contributed by atoms with Gasteiger partial charge in [0, 0.05) is 7.11 Å². The summed E-state index contributed by atoms with van der Waals surface area (Å²) in [7, 11) is 1.00. The van der Waals surface area contributed by atoms with Gasteiger partial charge in [0.25, 0.3) is 0 Å². The number of aliphatic hydroxyl groups excluding tert-OH is 1. The Balaban J connectivity index is 0.000000461. The van der Waals surface area contributed by atoms with Crippen LogP contribution in [0.2, 0.25) is 0 Å². The Hall–Kier alpha value is -1.53. The van der Waals surface area contributed by atoms with Gasteiger partial charge in [-0.1, -0.05) is 10.6 Å². The van der Waals surface area contributed by atoms with Crippen LogP contribution >= 0.6 is 11.5 Å². The zero-order valence-corrected chi connectivity index (χ0v) is 8.15. The van der Waals surface area contributed by atoms with Crippen molar-refractivity contribution >= 4 is 27.7 Å². The Bertz CT molecular complexity index is 441. The maximum Gasteiger partial charge on any atom is 0.337 e. The van der Waals surface area contributed by atoms with Crippen LogP contribution in [0, 0.1) is 0 Å². The summed E-state index contributed by atoms with van der Waals surface area (Å²) in [5.74, 6) is -0.938. The third-order valence-electron chi connectivity index (χ3n) is 1.51. The smallest absolute Gasteiger partial charge is 0.337 e. The van der Waals surface area contributed by atoms with Crippen molar-refractivity contribution in [2.45, 2.75) is 0 Å². The summed E-state index contributed by atoms with van der Waals surface area (Å²) in [6.45, 7) is 0. The molecule has 5 nitrogen and oxygen atoms in total. The predicted molar refractivity (Wildman–Crippen MR) is 52.5 cm³/mol. The highest BCUT2D eigenvalue weighted by Gasteiger charge is 2.09. The monoisotopic (exact) mass is 212 g/mol. The molecule has 2 aromatic rings. The average molecular weight is 212 g/mol. The molecule has 0 atom stereocenters. The van der Waals surface area contributed by atoms with Crippen molar-refractivity contribution in [2.24, 2.45) is 0 Å². The number of carboxylic acids is 1. The molecule has 0 unspecified atom stereocenters. The molecule has 0 saturated carbocycles. The summed E-state index contributed by atoms with van der Waals surface area (Å²) in [4.78, 5) is 10.7. The van der Waals surface area contributed by atoms with Crippen molar-refractivity contribution in [2.75, 3.05) is 7.11 Å². The third-order valence-corrected chi connectivity index (χ3v) is 2.28. The van der Waals surface area contributed by atoms with E-state index in [1.165, 1.54) is 0 Å². The topological polar surface area (TPSA) is 83.3 Å². The minimum absolute atomic E-state index is 0.266. The lowest BCUT2D eigenvalue weighted by atomic mass is 10.2. The van der Waals surface area contributed by atoms with Crippen molar-refractivity contribution in [3.05, 3.63) is 23.8 Å². The summed E-state index contributed by atoms with van der Waals surface area (Å²) in [5, 5.41) is 19.5. The summed E-state index contributed by atoms with van der Waals surface area (Å²) in [6.07, 6.45) is 0. The van der Waals surface area contributed by atoms with E-state index in [2.05, 4.69) is 9.59 Å². The molecule has 2 N–H and O–H groups in total. The fraction of sp³-hybridized carbons (Fsp3) is 0.125. The summed E-state index contributed by atoms with van der Waals surface area (Å²) in [6, 6.07) is 4.95. The van der Waals surface area contributed by atoms with Gasteiger partial charge in [-0.05, 0) is 23.7 Å². The van der Waals surface area contributed by atoms with Crippen LogP contribution in [0.15, 0.2) is 18.2 Å². The number of aromatic nitrogens is 2. The number of fused-ring (bicyclic) bond motifs is 1. The quantitative estimate of drug-likeness (QED) is 0.736. The van der Waals surface area contributed by atoms with Crippen molar-refractivity contribution in [3.8, 4) is 0 Å². The second-order valence-electron chi connectivity index (χ2n) is 2.23. The first-order valence-corrected chi connectivity index (χ1v) is 4.45. The van der Waals surface area contributed by atoms with Gasteiger partial charge < -0.3 is 10.2 Å². The minimum atomic E-state index is -0.938. The highest BCUT2D eigenvalue weighted by atomic mass is 32.1. The van der Waals surface area contributed by atoms with Gasteiger partial charge in [0.2, 0.25) is 0 Å². The lowest BCUT2D eigenvalue weighted by Gasteiger charge is -1.92. The molecule has 1 aromatic carbocycles. The van der Waals surface area contributed by atoms with Crippen LogP contribution in [0.4, 0.5) is 0 Å². The zero-order chi connectivity index (χ0) is 10.6. The molecular weight excluding hydrogens is 204 g/mol. The van der Waals surface area contributed by atoms with E-state index in [1.807, 2.05) is 0 Å². The number of hydrogen-bond donors (Lipinski definition) is 2. The normalized spacial score (nSPS) is 9.29. The SMILES string of the molecule is CO.O=C(O)c1cccc2nnsc12. The predicted octanol–water partition coefficient (Wildman–Crippen LogP) is 0.998. The summed E-state index contributed by atoms with van der Waals surface area (Å²) in [5.41, 5.74) is 0.905. The van der Waals surface area contributed by atoms with Crippen LogP contribution in [0.1, 0.15) is 10.4 Å². The Kier molecular flexibility index (Phi) is 3.49. The molecule has 0 radical (unpaired) electrons. The number of carboxylic acid groups (broad SMARTS) is 1. The van der Waals surface area contributed by atoms with Gasteiger partial charge in [0.15, 0.2) is 0 Å². The number of nitrogens with zero attached hydrogens (tertiary/aromatic N) is 2. The van der Waals surface area contributed by atoms with E-state index in [0.29, 0.717) is 10.2 Å². The zero-order valence-electron chi connectivity index (χ0n) is 7.34. The van der Waals surface area contributed by atoms with Gasteiger partial charge in [-0.3, -0.25) is 0 Å². The van der Waals surface area contributed by atoms with E-state index in [9.17, 15) is 4.79 Å². The lowest BCUT2D eigenvalue weighted by molar-refractivity contribution is 0.0699. The fourth-order valence-corrected chi connectivity index (χ4v) is 1.64. The standard InChI is InChI=1S/C7H4N2O2S.CH4O/c10-7(11)4-2-1-3-5-6(4)12-9-8-5;1-2/h1-3H,(H,10,11);2H,1H3. The first-order chi connectivity index (χ1) is 6.79. The van der Waals surface area contributed by atoms with Gasteiger partial charge in [-0.25, -0.2) is 4.79 Å². The van der Waals surface area contributed by atoms with Crippen LogP contribution in [0.25, 0.3) is 10.2 Å². The van der Waals surface area contributed by atoms with Crippen molar-refractivity contribution in [3.63, 3.8) is 0 Å². The number of aliphatic hydroxyl groups is 1. The second-order valence-corrected chi connectivity index (χ2v) is 2.99. The van der Waals surface area contributed by atoms with E-state index in [4.69, 9.17) is 10.2 Å². The second kappa shape index (κ2) is 4.64. The number of carbonyl (C=O) groups is 1. The lowest BCUT2D eigenvalue weighted by Crippen LogP contribution is -1.95. The van der Waals surface area contributed by atoms with Crippen LogP contribution < -0.4 is 0 Å². The minimum Gasteiger partial charge on any atom is -0.478 e. The molecule has 0 aliphatic carbocycles. The van der Waals surface area contributed by atoms with Gasteiger partial charge >= 0.3 is 5.97 Å². The Labute approximate surface area is 83.8 Å². The van der Waals surface area contributed by atoms with Gasteiger partial charge in [0.1, 0.15) is 5.52 Å². The Morgan fingerprint density at radius 1 is 1.43 bits per heavy atom. The van der Waals surface area contributed by atoms with Crippen LogP contribution in [0.5, 0.6) is 0 Å². The molecule has 0 spiro atoms. The molecule has 0 aliphatic rings. The van der Waals surface area contributed by atoms with E-state index in [0.717, 1.165) is 18.6 Å². The Morgan fingerprint density at radius 3 is 2.79 bits per heavy atom. The first-order valence-electron chi connectivity index (χ1n) is 3.68. The van der Waals surface area contributed by atoms with Crippen LogP contribution in [0.3, 0.4) is 0 Å². The molecule has 0 bridgehead atoms. The number of rotatable bonds is 1. The van der Waals surface area contributed by atoms with E-state index in [1.54, 1.807) is 18.2 Å². The van der Waals surface area contributed by atoms with Crippen molar-refractivity contribution in [1.29, 1.82) is 0 Å². The van der Waals surface area contributed by atoms with Gasteiger partial charge in [-0.2, -0.15) is 0 Å². The molecule has 2 rings (SSSR count). The largest absolute Gasteiger partial charge is 0.478 e. The number of aromatic carboxylic acids is 1. The molecule has 0 fully saturated rings. The molecule has 14 heavy (non-hydrogen) atoms. The number of benzene rings is 1. The highest BCUT2D eigenvalue weighted by molar-refractivity contribution is 7.13. The van der Waals surface area contributed by atoms with Gasteiger partial charge in [0.05, 0.1) is 10.3 Å². The molecule has 6 heteroatoms. The highest BCUT2D eigenvalue weighted by Crippen LogP contribution is 2.19. The van der Waals surface area contributed by atoms with E-state index < -0.39 is 5.97 Å². The molecule has 74 valence electrons. The van der Waals surface area contributed by atoms with Crippen molar-refractivity contribution in [1.82, 2.24) is 9.59 Å². The summed E-state index contributed by atoms with van der Waals surface area (Å²) >= 11 is 1.10. The molecule has 1 aromatic heterocycles. The van der Waals surface area contributed by atoms with Crippen LogP contribution in [-0.4, -0.2) is 32.9 Å². The molecule has 0 saturated heterocycles. The van der Waals surface area contributed by atoms with Gasteiger partial charge in [-0.15, -0.1) is 5.10 Å². The molecular formula is C8H8N2O3S. The first kappa shape index (κ1) is 10.6. The van der Waals surface area contributed by atoms with E-state index >= 15 is 0 Å². The van der Waals surface area contributed by atoms with Crippen LogP contribution in [-0.2, 0) is 0 Å². The third kappa shape index (κ3) is 1.86.